The van der Waals surface area contributed by atoms with Crippen LogP contribution in [0.3, 0.4) is 0 Å². The molecular formula is C13H11N3. The van der Waals surface area contributed by atoms with Gasteiger partial charge in [0.15, 0.2) is 0 Å². The number of nitrogens with zero attached hydrogens (tertiary/aromatic N) is 1. The Bertz CT molecular complexity index is 626. The van der Waals surface area contributed by atoms with E-state index in [1.807, 2.05) is 48.5 Å². The molecule has 3 rings (SSSR count). The Balaban J connectivity index is 2.23. The summed E-state index contributed by atoms with van der Waals surface area (Å²) in [6.45, 7) is 0. The maximum Gasteiger partial charge on any atom is 0.138 e. The van der Waals surface area contributed by atoms with E-state index in [4.69, 9.17) is 5.73 Å². The molecule has 0 aliphatic carbocycles. The predicted octanol–water partition coefficient (Wildman–Crippen LogP) is 2.81. The minimum atomic E-state index is 0.729. The molecule has 1 aromatic heterocycles. The molecule has 0 fully saturated rings. The lowest BCUT2D eigenvalue weighted by atomic mass is 10.2. The van der Waals surface area contributed by atoms with Crippen molar-refractivity contribution in [3.63, 3.8) is 0 Å². The van der Waals surface area contributed by atoms with Crippen LogP contribution in [0.25, 0.3) is 22.4 Å². The van der Waals surface area contributed by atoms with E-state index in [1.54, 1.807) is 0 Å². The molecule has 0 saturated carbocycles. The number of rotatable bonds is 1. The minimum absolute atomic E-state index is 0.729. The second-order valence-corrected chi connectivity index (χ2v) is 3.69. The molecule has 3 N–H and O–H groups in total. The lowest BCUT2D eigenvalue weighted by Crippen LogP contribution is -1.85. The van der Waals surface area contributed by atoms with Crippen LogP contribution in [-0.4, -0.2) is 9.97 Å². The van der Waals surface area contributed by atoms with Gasteiger partial charge in [0.05, 0.1) is 16.7 Å². The average molecular weight is 209 g/mol. The fourth-order valence-corrected chi connectivity index (χ4v) is 1.79. The van der Waals surface area contributed by atoms with E-state index >= 15 is 0 Å². The summed E-state index contributed by atoms with van der Waals surface area (Å²) in [5.41, 5.74) is 9.48. The van der Waals surface area contributed by atoms with E-state index in [0.717, 1.165) is 28.1 Å². The van der Waals surface area contributed by atoms with E-state index in [9.17, 15) is 0 Å². The fourth-order valence-electron chi connectivity index (χ4n) is 1.79. The normalized spacial score (nSPS) is 10.8. The van der Waals surface area contributed by atoms with E-state index in [1.165, 1.54) is 0 Å². The molecule has 0 atom stereocenters. The quantitative estimate of drug-likeness (QED) is 0.605. The van der Waals surface area contributed by atoms with Gasteiger partial charge in [-0.15, -0.1) is 0 Å². The van der Waals surface area contributed by atoms with Gasteiger partial charge in [-0.2, -0.15) is 0 Å². The third kappa shape index (κ3) is 1.34. The van der Waals surface area contributed by atoms with Crippen molar-refractivity contribution in [3.05, 3.63) is 48.5 Å². The molecule has 0 aliphatic heterocycles. The van der Waals surface area contributed by atoms with Crippen LogP contribution in [0.4, 0.5) is 5.69 Å². The zero-order valence-corrected chi connectivity index (χ0v) is 8.64. The van der Waals surface area contributed by atoms with Gasteiger partial charge in [-0.1, -0.05) is 36.4 Å². The number of aromatic amines is 1. The molecule has 0 saturated heterocycles. The second kappa shape index (κ2) is 3.38. The fraction of sp³-hybridized carbons (Fsp3) is 0. The van der Waals surface area contributed by atoms with E-state index < -0.39 is 0 Å². The molecule has 0 spiro atoms. The Hall–Kier alpha value is -2.29. The van der Waals surface area contributed by atoms with Gasteiger partial charge < -0.3 is 10.7 Å². The van der Waals surface area contributed by atoms with Crippen LogP contribution >= 0.6 is 0 Å². The van der Waals surface area contributed by atoms with Crippen LogP contribution in [-0.2, 0) is 0 Å². The van der Waals surface area contributed by atoms with Gasteiger partial charge in [0.1, 0.15) is 5.82 Å². The Morgan fingerprint density at radius 1 is 0.938 bits per heavy atom. The monoisotopic (exact) mass is 209 g/mol. The van der Waals surface area contributed by atoms with Gasteiger partial charge in [-0.25, -0.2) is 4.98 Å². The number of hydrogen-bond donors (Lipinski definition) is 2. The van der Waals surface area contributed by atoms with Crippen LogP contribution in [0, 0.1) is 0 Å². The molecule has 0 radical (unpaired) electrons. The van der Waals surface area contributed by atoms with Crippen LogP contribution in [0.2, 0.25) is 0 Å². The highest BCUT2D eigenvalue weighted by Gasteiger charge is 2.05. The summed E-state index contributed by atoms with van der Waals surface area (Å²) in [5, 5.41) is 0. The number of para-hydroxylation sites is 1. The van der Waals surface area contributed by atoms with Gasteiger partial charge in [0.2, 0.25) is 0 Å². The molecule has 1 heterocycles. The van der Waals surface area contributed by atoms with Crippen LogP contribution in [0.5, 0.6) is 0 Å². The molecule has 0 amide bonds. The third-order valence-electron chi connectivity index (χ3n) is 2.60. The van der Waals surface area contributed by atoms with E-state index in [0.29, 0.717) is 0 Å². The summed E-state index contributed by atoms with van der Waals surface area (Å²) in [5.74, 6) is 0.855. The standard InChI is InChI=1S/C13H11N3/c14-10-7-4-8-11-12(10)16-13(15-11)9-5-2-1-3-6-9/h1-8H,14H2,(H,15,16). The number of aromatic nitrogens is 2. The summed E-state index contributed by atoms with van der Waals surface area (Å²) in [6.07, 6.45) is 0. The molecule has 78 valence electrons. The number of anilines is 1. The Labute approximate surface area is 92.9 Å². The third-order valence-corrected chi connectivity index (χ3v) is 2.60. The first-order chi connectivity index (χ1) is 7.84. The number of nitrogen functional groups attached to an aromatic ring is 1. The number of H-pyrrole nitrogens is 1. The number of hydrogen-bond acceptors (Lipinski definition) is 2. The zero-order chi connectivity index (χ0) is 11.0. The number of nitrogens with two attached hydrogens (primary N) is 1. The first-order valence-electron chi connectivity index (χ1n) is 5.14. The lowest BCUT2D eigenvalue weighted by molar-refractivity contribution is 1.34. The first kappa shape index (κ1) is 8.97. The maximum atomic E-state index is 5.88. The highest BCUT2D eigenvalue weighted by atomic mass is 14.9. The van der Waals surface area contributed by atoms with Crippen molar-refractivity contribution in [3.8, 4) is 11.4 Å². The Morgan fingerprint density at radius 3 is 2.50 bits per heavy atom. The Morgan fingerprint density at radius 2 is 1.75 bits per heavy atom. The van der Waals surface area contributed by atoms with Gasteiger partial charge in [0, 0.05) is 5.56 Å². The van der Waals surface area contributed by atoms with Crippen molar-refractivity contribution >= 4 is 16.7 Å². The molecule has 0 unspecified atom stereocenters. The van der Waals surface area contributed by atoms with Crippen LogP contribution in [0.15, 0.2) is 48.5 Å². The van der Waals surface area contributed by atoms with Crippen molar-refractivity contribution in [2.24, 2.45) is 0 Å². The molecule has 0 bridgehead atoms. The smallest absolute Gasteiger partial charge is 0.138 e. The second-order valence-electron chi connectivity index (χ2n) is 3.69. The van der Waals surface area contributed by atoms with Gasteiger partial charge in [0.25, 0.3) is 0 Å². The minimum Gasteiger partial charge on any atom is -0.397 e. The van der Waals surface area contributed by atoms with Crippen LogP contribution < -0.4 is 5.73 Å². The molecule has 3 nitrogen and oxygen atoms in total. The molecular weight excluding hydrogens is 198 g/mol. The van der Waals surface area contributed by atoms with Crippen molar-refractivity contribution in [1.29, 1.82) is 0 Å². The summed E-state index contributed by atoms with van der Waals surface area (Å²) < 4.78 is 0. The molecule has 3 aromatic rings. The zero-order valence-electron chi connectivity index (χ0n) is 8.64. The summed E-state index contributed by atoms with van der Waals surface area (Å²) >= 11 is 0. The van der Waals surface area contributed by atoms with E-state index in [2.05, 4.69) is 9.97 Å². The van der Waals surface area contributed by atoms with Crippen molar-refractivity contribution < 1.29 is 0 Å². The molecule has 16 heavy (non-hydrogen) atoms. The van der Waals surface area contributed by atoms with Crippen molar-refractivity contribution in [2.45, 2.75) is 0 Å². The van der Waals surface area contributed by atoms with Gasteiger partial charge in [-0.3, -0.25) is 0 Å². The largest absolute Gasteiger partial charge is 0.397 e. The lowest BCUT2D eigenvalue weighted by Gasteiger charge is -1.94. The topological polar surface area (TPSA) is 54.7 Å². The molecule has 0 aliphatic rings. The number of nitrogens with one attached hydrogen (secondary N) is 1. The van der Waals surface area contributed by atoms with Gasteiger partial charge >= 0.3 is 0 Å². The van der Waals surface area contributed by atoms with E-state index in [-0.39, 0.29) is 0 Å². The highest BCUT2D eigenvalue weighted by molar-refractivity contribution is 5.89. The summed E-state index contributed by atoms with van der Waals surface area (Å²) in [4.78, 5) is 7.75. The Kier molecular flexibility index (Phi) is 1.90. The van der Waals surface area contributed by atoms with Crippen molar-refractivity contribution in [2.75, 3.05) is 5.73 Å². The first-order valence-corrected chi connectivity index (χ1v) is 5.14. The van der Waals surface area contributed by atoms with Crippen molar-refractivity contribution in [1.82, 2.24) is 9.97 Å². The number of benzene rings is 2. The summed E-state index contributed by atoms with van der Waals surface area (Å²) in [7, 11) is 0. The highest BCUT2D eigenvalue weighted by Crippen LogP contribution is 2.23. The maximum absolute atomic E-state index is 5.88. The summed E-state index contributed by atoms with van der Waals surface area (Å²) in [6, 6.07) is 15.7. The average Bonchev–Trinajstić information content (AvgIpc) is 2.76. The number of imidazole rings is 1. The van der Waals surface area contributed by atoms with Gasteiger partial charge in [-0.05, 0) is 12.1 Å². The SMILES string of the molecule is Nc1cccc2nc(-c3ccccc3)[nH]c12. The predicted molar refractivity (Wildman–Crippen MR) is 65.9 cm³/mol. The molecule has 3 heteroatoms. The van der Waals surface area contributed by atoms with Crippen LogP contribution in [0.1, 0.15) is 0 Å². The molecule has 2 aromatic carbocycles. The number of fused-ring (bicyclic) bond motifs is 1.